The number of hydrogen-bond donors (Lipinski definition) is 0. The summed E-state index contributed by atoms with van der Waals surface area (Å²) in [5, 5.41) is 0. The molecule has 11 aromatic rings. The maximum absolute atomic E-state index is 6.51. The smallest absolute Gasteiger partial charge is 0.252 e. The van der Waals surface area contributed by atoms with Crippen LogP contribution in [-0.2, 0) is 0 Å². The van der Waals surface area contributed by atoms with E-state index < -0.39 is 0 Å². The quantitative estimate of drug-likeness (QED) is 0.150. The van der Waals surface area contributed by atoms with Crippen LogP contribution in [0.1, 0.15) is 0 Å². The Hall–Kier alpha value is -8.74. The van der Waals surface area contributed by atoms with Gasteiger partial charge in [0.1, 0.15) is 5.52 Å². The predicted molar refractivity (Wildman–Crippen MR) is 273 cm³/mol. The molecule has 66 heavy (non-hydrogen) atoms. The van der Waals surface area contributed by atoms with Crippen molar-refractivity contribution in [3.63, 3.8) is 0 Å². The molecule has 0 amide bonds. The summed E-state index contributed by atoms with van der Waals surface area (Å²) in [6.45, 7) is -0.119. The third-order valence-corrected chi connectivity index (χ3v) is 13.2. The SMILES string of the molecule is c1ccc(-c2ccc(N3c4ccc(-c5ccccc5)cc4B4c5cc(-c6ccccc6)ccc5N(c5ccc(-c6ccccc6)cc5)c5cc(-c6nc7cccnc7o6)cc3c54)cc2)cc1. The van der Waals surface area contributed by atoms with E-state index in [0.717, 1.165) is 56.3 Å². The van der Waals surface area contributed by atoms with Crippen LogP contribution >= 0.6 is 0 Å². The van der Waals surface area contributed by atoms with Crippen LogP contribution in [0.15, 0.2) is 241 Å². The van der Waals surface area contributed by atoms with E-state index in [-0.39, 0.29) is 6.71 Å². The van der Waals surface area contributed by atoms with Crippen molar-refractivity contribution in [2.24, 2.45) is 0 Å². The third kappa shape index (κ3) is 6.34. The van der Waals surface area contributed by atoms with Crippen molar-refractivity contribution in [1.82, 2.24) is 9.97 Å². The topological polar surface area (TPSA) is 45.4 Å². The number of fused-ring (bicyclic) bond motifs is 5. The van der Waals surface area contributed by atoms with Crippen molar-refractivity contribution >= 4 is 68.5 Å². The number of pyridine rings is 1. The van der Waals surface area contributed by atoms with Crippen LogP contribution in [0.4, 0.5) is 34.1 Å². The molecule has 2 aromatic heterocycles. The molecule has 0 atom stereocenters. The van der Waals surface area contributed by atoms with Gasteiger partial charge in [0, 0.05) is 45.9 Å². The molecule has 0 spiro atoms. The van der Waals surface area contributed by atoms with Crippen molar-refractivity contribution in [2.75, 3.05) is 9.80 Å². The molecule has 0 aliphatic carbocycles. The minimum absolute atomic E-state index is 0.119. The maximum atomic E-state index is 6.51. The van der Waals surface area contributed by atoms with Crippen LogP contribution in [0.5, 0.6) is 0 Å². The van der Waals surface area contributed by atoms with E-state index in [1.54, 1.807) is 6.20 Å². The second kappa shape index (κ2) is 15.5. The van der Waals surface area contributed by atoms with Gasteiger partial charge in [0.25, 0.3) is 6.71 Å². The van der Waals surface area contributed by atoms with Crippen molar-refractivity contribution in [3.8, 4) is 56.0 Å². The molecular formula is C60H39BN4O. The summed E-state index contributed by atoms with van der Waals surface area (Å²) in [4.78, 5) is 14.5. The maximum Gasteiger partial charge on any atom is 0.252 e. The highest BCUT2D eigenvalue weighted by molar-refractivity contribution is 7.00. The van der Waals surface area contributed by atoms with E-state index in [2.05, 4.69) is 233 Å². The van der Waals surface area contributed by atoms with Gasteiger partial charge in [-0.15, -0.1) is 0 Å². The van der Waals surface area contributed by atoms with Crippen molar-refractivity contribution in [1.29, 1.82) is 0 Å². The van der Waals surface area contributed by atoms with E-state index in [1.165, 1.54) is 49.8 Å². The first-order chi connectivity index (χ1) is 32.7. The van der Waals surface area contributed by atoms with Gasteiger partial charge in [-0.1, -0.05) is 170 Å². The Morgan fingerprint density at radius 1 is 0.348 bits per heavy atom. The minimum atomic E-state index is -0.119. The second-order valence-electron chi connectivity index (χ2n) is 17.0. The lowest BCUT2D eigenvalue weighted by atomic mass is 9.33. The first kappa shape index (κ1) is 37.8. The zero-order valence-electron chi connectivity index (χ0n) is 35.8. The monoisotopic (exact) mass is 842 g/mol. The van der Waals surface area contributed by atoms with E-state index in [4.69, 9.17) is 9.40 Å². The fourth-order valence-corrected chi connectivity index (χ4v) is 10.1. The van der Waals surface area contributed by atoms with Crippen LogP contribution < -0.4 is 26.2 Å². The second-order valence-corrected chi connectivity index (χ2v) is 17.0. The van der Waals surface area contributed by atoms with Gasteiger partial charge in [-0.05, 0) is 122 Å². The van der Waals surface area contributed by atoms with E-state index in [9.17, 15) is 0 Å². The van der Waals surface area contributed by atoms with Crippen molar-refractivity contribution in [3.05, 3.63) is 237 Å². The molecule has 2 aliphatic rings. The van der Waals surface area contributed by atoms with Gasteiger partial charge < -0.3 is 14.2 Å². The molecule has 308 valence electrons. The van der Waals surface area contributed by atoms with E-state index in [1.807, 2.05) is 12.1 Å². The average Bonchev–Trinajstić information content (AvgIpc) is 3.84. The summed E-state index contributed by atoms with van der Waals surface area (Å²) in [6, 6.07) is 83.0. The molecule has 0 bridgehead atoms. The van der Waals surface area contributed by atoms with Gasteiger partial charge in [0.15, 0.2) is 0 Å². The summed E-state index contributed by atoms with van der Waals surface area (Å²) in [6.07, 6.45) is 1.75. The molecule has 2 aliphatic heterocycles. The van der Waals surface area contributed by atoms with E-state index >= 15 is 0 Å². The molecule has 0 saturated heterocycles. The zero-order valence-corrected chi connectivity index (χ0v) is 35.8. The Morgan fingerprint density at radius 3 is 1.20 bits per heavy atom. The highest BCUT2D eigenvalue weighted by Crippen LogP contribution is 2.47. The fourth-order valence-electron chi connectivity index (χ4n) is 10.1. The van der Waals surface area contributed by atoms with Crippen molar-refractivity contribution in [2.45, 2.75) is 0 Å². The summed E-state index contributed by atoms with van der Waals surface area (Å²) in [5.41, 5.74) is 21.7. The highest BCUT2D eigenvalue weighted by atomic mass is 16.4. The summed E-state index contributed by atoms with van der Waals surface area (Å²) >= 11 is 0. The lowest BCUT2D eigenvalue weighted by Gasteiger charge is -2.44. The van der Waals surface area contributed by atoms with Gasteiger partial charge in [-0.3, -0.25) is 0 Å². The number of hydrogen-bond acceptors (Lipinski definition) is 5. The van der Waals surface area contributed by atoms with Gasteiger partial charge in [-0.2, -0.15) is 0 Å². The van der Waals surface area contributed by atoms with Crippen LogP contribution in [-0.4, -0.2) is 16.7 Å². The molecule has 5 nitrogen and oxygen atoms in total. The van der Waals surface area contributed by atoms with Crippen LogP contribution in [0.25, 0.3) is 67.2 Å². The number of oxazole rings is 1. The largest absolute Gasteiger partial charge is 0.418 e. The van der Waals surface area contributed by atoms with Crippen LogP contribution in [0.3, 0.4) is 0 Å². The molecule has 0 unspecified atom stereocenters. The fraction of sp³-hybridized carbons (Fsp3) is 0. The Kier molecular flexibility index (Phi) is 8.88. The summed E-state index contributed by atoms with van der Waals surface area (Å²) < 4.78 is 6.51. The number of aromatic nitrogens is 2. The van der Waals surface area contributed by atoms with E-state index in [0.29, 0.717) is 11.6 Å². The highest BCUT2D eigenvalue weighted by Gasteiger charge is 2.44. The Morgan fingerprint density at radius 2 is 0.758 bits per heavy atom. The molecule has 0 saturated carbocycles. The molecule has 13 rings (SSSR count). The van der Waals surface area contributed by atoms with Gasteiger partial charge in [-0.25, -0.2) is 9.97 Å². The normalized spacial score (nSPS) is 12.5. The Bertz CT molecular complexity index is 3350. The zero-order chi connectivity index (χ0) is 43.6. The molecule has 9 aromatic carbocycles. The molecule has 4 heterocycles. The lowest BCUT2D eigenvalue weighted by Crippen LogP contribution is -2.61. The Labute approximate surface area is 383 Å². The predicted octanol–water partition coefficient (Wildman–Crippen LogP) is 13.6. The van der Waals surface area contributed by atoms with Gasteiger partial charge >= 0.3 is 0 Å². The third-order valence-electron chi connectivity index (χ3n) is 13.2. The van der Waals surface area contributed by atoms with Crippen LogP contribution in [0.2, 0.25) is 0 Å². The molecule has 0 fully saturated rings. The van der Waals surface area contributed by atoms with Gasteiger partial charge in [0.2, 0.25) is 11.6 Å². The standard InChI is InChI=1S/C60H39BN4O/c1-5-14-40(15-6-1)44-23-29-49(30-24-44)64-54-33-27-46(42-18-9-3-10-19-42)36-51(54)61-52-37-47(43-20-11-4-12-21-43)28-34-55(52)65(50-31-25-45(26-32-50)41-16-7-2-8-17-41)57-39-48(38-56(64)58(57)61)59-63-53-22-13-35-62-60(53)66-59/h1-39H. The average molecular weight is 843 g/mol. The minimum Gasteiger partial charge on any atom is -0.418 e. The Balaban J connectivity index is 1.11. The summed E-state index contributed by atoms with van der Waals surface area (Å²) in [5.74, 6) is 0.522. The first-order valence-electron chi connectivity index (χ1n) is 22.4. The number of nitrogens with zero attached hydrogens (tertiary/aromatic N) is 4. The molecule has 0 N–H and O–H groups in total. The number of benzene rings is 9. The summed E-state index contributed by atoms with van der Waals surface area (Å²) in [7, 11) is 0. The molecule has 0 radical (unpaired) electrons. The van der Waals surface area contributed by atoms with Crippen LogP contribution in [0, 0.1) is 0 Å². The molecular weight excluding hydrogens is 803 g/mol. The van der Waals surface area contributed by atoms with Gasteiger partial charge in [0.05, 0.1) is 0 Å². The molecule has 6 heteroatoms. The first-order valence-corrected chi connectivity index (χ1v) is 22.4. The number of anilines is 6. The lowest BCUT2D eigenvalue weighted by molar-refractivity contribution is 0.608. The number of rotatable bonds is 7. The van der Waals surface area contributed by atoms with Crippen molar-refractivity contribution < 1.29 is 4.42 Å².